The lowest BCUT2D eigenvalue weighted by molar-refractivity contribution is 0.215. The lowest BCUT2D eigenvalue weighted by Gasteiger charge is -2.30. The largest absolute Gasteiger partial charge is 0.493 e. The van der Waals surface area contributed by atoms with Crippen molar-refractivity contribution >= 4 is 0 Å². The summed E-state index contributed by atoms with van der Waals surface area (Å²) in [5, 5.41) is 0. The second kappa shape index (κ2) is 6.76. The van der Waals surface area contributed by atoms with Gasteiger partial charge in [0.1, 0.15) is 5.75 Å². The molecule has 1 aliphatic rings. The van der Waals surface area contributed by atoms with Gasteiger partial charge < -0.3 is 15.4 Å². The molecular weight excluding hydrogens is 224 g/mol. The molecule has 0 amide bonds. The minimum Gasteiger partial charge on any atom is -0.493 e. The van der Waals surface area contributed by atoms with Crippen molar-refractivity contribution < 1.29 is 4.74 Å². The number of hydrogen-bond acceptors (Lipinski definition) is 3. The van der Waals surface area contributed by atoms with Gasteiger partial charge in [-0.15, -0.1) is 0 Å². The van der Waals surface area contributed by atoms with Crippen LogP contribution in [0.1, 0.15) is 31.2 Å². The van der Waals surface area contributed by atoms with E-state index in [1.165, 1.54) is 5.56 Å². The molecule has 0 saturated carbocycles. The summed E-state index contributed by atoms with van der Waals surface area (Å²) in [6.07, 6.45) is 2.20. The lowest BCUT2D eigenvalue weighted by atomic mass is 9.92. The summed E-state index contributed by atoms with van der Waals surface area (Å²) in [6.45, 7) is 7.17. The van der Waals surface area contributed by atoms with E-state index in [1.807, 2.05) is 6.07 Å². The Bertz CT molecular complexity index is 367. The van der Waals surface area contributed by atoms with E-state index in [2.05, 4.69) is 30.0 Å². The van der Waals surface area contributed by atoms with Crippen LogP contribution in [-0.4, -0.2) is 37.7 Å². The quantitative estimate of drug-likeness (QED) is 0.839. The SMILES string of the molecule is CCN(CCCN)CC1CCOc2ccccc21. The number of likely N-dealkylation sites (N-methyl/N-ethyl adjacent to an activating group) is 1. The van der Waals surface area contributed by atoms with Crippen LogP contribution in [0.2, 0.25) is 0 Å². The van der Waals surface area contributed by atoms with Crippen molar-refractivity contribution in [3.63, 3.8) is 0 Å². The Morgan fingerprint density at radius 1 is 1.39 bits per heavy atom. The van der Waals surface area contributed by atoms with Crippen LogP contribution in [-0.2, 0) is 0 Å². The zero-order chi connectivity index (χ0) is 12.8. The highest BCUT2D eigenvalue weighted by Gasteiger charge is 2.22. The van der Waals surface area contributed by atoms with E-state index < -0.39 is 0 Å². The zero-order valence-corrected chi connectivity index (χ0v) is 11.3. The van der Waals surface area contributed by atoms with E-state index in [4.69, 9.17) is 10.5 Å². The molecule has 0 spiro atoms. The molecule has 18 heavy (non-hydrogen) atoms. The van der Waals surface area contributed by atoms with E-state index in [0.29, 0.717) is 5.92 Å². The van der Waals surface area contributed by atoms with Crippen LogP contribution in [0.4, 0.5) is 0 Å². The summed E-state index contributed by atoms with van der Waals surface area (Å²) in [4.78, 5) is 2.50. The maximum Gasteiger partial charge on any atom is 0.122 e. The third-order valence-corrected chi connectivity index (χ3v) is 3.69. The summed E-state index contributed by atoms with van der Waals surface area (Å²) in [6, 6.07) is 8.44. The highest BCUT2D eigenvalue weighted by molar-refractivity contribution is 5.37. The van der Waals surface area contributed by atoms with Gasteiger partial charge in [-0.3, -0.25) is 0 Å². The van der Waals surface area contributed by atoms with Crippen molar-refractivity contribution in [3.8, 4) is 5.75 Å². The van der Waals surface area contributed by atoms with Crippen molar-refractivity contribution in [2.75, 3.05) is 32.8 Å². The summed E-state index contributed by atoms with van der Waals surface area (Å²) in [5.41, 5.74) is 6.96. The average molecular weight is 248 g/mol. The Balaban J connectivity index is 2.01. The second-order valence-electron chi connectivity index (χ2n) is 4.91. The summed E-state index contributed by atoms with van der Waals surface area (Å²) >= 11 is 0. The third kappa shape index (κ3) is 3.24. The van der Waals surface area contributed by atoms with E-state index in [-0.39, 0.29) is 0 Å². The number of para-hydroxylation sites is 1. The first-order valence-electron chi connectivity index (χ1n) is 6.99. The van der Waals surface area contributed by atoms with Crippen LogP contribution in [0.15, 0.2) is 24.3 Å². The molecule has 0 aromatic heterocycles. The third-order valence-electron chi connectivity index (χ3n) is 3.69. The van der Waals surface area contributed by atoms with Gasteiger partial charge in [0.15, 0.2) is 0 Å². The number of rotatable bonds is 6. The first kappa shape index (κ1) is 13.4. The Labute approximate surface area is 110 Å². The number of benzene rings is 1. The van der Waals surface area contributed by atoms with Crippen molar-refractivity contribution in [2.24, 2.45) is 5.73 Å². The van der Waals surface area contributed by atoms with E-state index in [1.54, 1.807) is 0 Å². The fourth-order valence-electron chi connectivity index (χ4n) is 2.61. The predicted octanol–water partition coefficient (Wildman–Crippen LogP) is 2.22. The molecule has 1 atom stereocenters. The Morgan fingerprint density at radius 2 is 2.22 bits per heavy atom. The number of nitrogens with zero attached hydrogens (tertiary/aromatic N) is 1. The van der Waals surface area contributed by atoms with Crippen LogP contribution < -0.4 is 10.5 Å². The highest BCUT2D eigenvalue weighted by Crippen LogP contribution is 2.33. The Hall–Kier alpha value is -1.06. The van der Waals surface area contributed by atoms with E-state index in [0.717, 1.165) is 51.4 Å². The number of fused-ring (bicyclic) bond motifs is 1. The van der Waals surface area contributed by atoms with Crippen molar-refractivity contribution in [3.05, 3.63) is 29.8 Å². The van der Waals surface area contributed by atoms with Gasteiger partial charge in [-0.25, -0.2) is 0 Å². The smallest absolute Gasteiger partial charge is 0.122 e. The number of hydrogen-bond donors (Lipinski definition) is 1. The van der Waals surface area contributed by atoms with E-state index in [9.17, 15) is 0 Å². The fourth-order valence-corrected chi connectivity index (χ4v) is 2.61. The summed E-state index contributed by atoms with van der Waals surface area (Å²) < 4.78 is 5.71. The van der Waals surface area contributed by atoms with Gasteiger partial charge in [-0.2, -0.15) is 0 Å². The van der Waals surface area contributed by atoms with Gasteiger partial charge in [0.05, 0.1) is 6.61 Å². The topological polar surface area (TPSA) is 38.5 Å². The van der Waals surface area contributed by atoms with Crippen LogP contribution in [0.3, 0.4) is 0 Å². The molecule has 3 heteroatoms. The fraction of sp³-hybridized carbons (Fsp3) is 0.600. The average Bonchev–Trinajstić information content (AvgIpc) is 2.43. The number of nitrogens with two attached hydrogens (primary N) is 1. The molecule has 0 fully saturated rings. The van der Waals surface area contributed by atoms with Crippen LogP contribution >= 0.6 is 0 Å². The standard InChI is InChI=1S/C15H24N2O/c1-2-17(10-5-9-16)12-13-8-11-18-15-7-4-3-6-14(13)15/h3-4,6-7,13H,2,5,8-12,16H2,1H3. The minimum absolute atomic E-state index is 0.604. The minimum atomic E-state index is 0.604. The van der Waals surface area contributed by atoms with Crippen molar-refractivity contribution in [1.82, 2.24) is 4.90 Å². The van der Waals surface area contributed by atoms with Crippen molar-refractivity contribution in [2.45, 2.75) is 25.7 Å². The molecule has 0 bridgehead atoms. The predicted molar refractivity (Wildman–Crippen MR) is 75.1 cm³/mol. The molecule has 0 radical (unpaired) electrons. The summed E-state index contributed by atoms with van der Waals surface area (Å²) in [7, 11) is 0. The highest BCUT2D eigenvalue weighted by atomic mass is 16.5. The molecule has 1 unspecified atom stereocenters. The summed E-state index contributed by atoms with van der Waals surface area (Å²) in [5.74, 6) is 1.68. The lowest BCUT2D eigenvalue weighted by Crippen LogP contribution is -2.32. The van der Waals surface area contributed by atoms with E-state index >= 15 is 0 Å². The normalized spacial score (nSPS) is 18.5. The molecule has 2 N–H and O–H groups in total. The molecule has 1 heterocycles. The molecule has 0 saturated heterocycles. The van der Waals surface area contributed by atoms with Gasteiger partial charge >= 0.3 is 0 Å². The van der Waals surface area contributed by atoms with Gasteiger partial charge in [-0.05, 0) is 44.1 Å². The van der Waals surface area contributed by atoms with Crippen molar-refractivity contribution in [1.29, 1.82) is 0 Å². The maximum absolute atomic E-state index is 5.71. The van der Waals surface area contributed by atoms with Gasteiger partial charge in [-0.1, -0.05) is 25.1 Å². The first-order valence-corrected chi connectivity index (χ1v) is 6.99. The zero-order valence-electron chi connectivity index (χ0n) is 11.3. The van der Waals surface area contributed by atoms with Crippen LogP contribution in [0.25, 0.3) is 0 Å². The van der Waals surface area contributed by atoms with Crippen LogP contribution in [0.5, 0.6) is 5.75 Å². The second-order valence-corrected chi connectivity index (χ2v) is 4.91. The Morgan fingerprint density at radius 3 is 3.00 bits per heavy atom. The molecule has 1 aromatic carbocycles. The van der Waals surface area contributed by atoms with Crippen LogP contribution in [0, 0.1) is 0 Å². The molecule has 3 nitrogen and oxygen atoms in total. The van der Waals surface area contributed by atoms with Gasteiger partial charge in [0.2, 0.25) is 0 Å². The molecule has 2 rings (SSSR count). The molecule has 1 aliphatic heterocycles. The molecular formula is C15H24N2O. The maximum atomic E-state index is 5.71. The van der Waals surface area contributed by atoms with Gasteiger partial charge in [0, 0.05) is 12.5 Å². The van der Waals surface area contributed by atoms with Gasteiger partial charge in [0.25, 0.3) is 0 Å². The number of ether oxygens (including phenoxy) is 1. The Kier molecular flexibility index (Phi) is 5.02. The molecule has 100 valence electrons. The monoisotopic (exact) mass is 248 g/mol. The first-order chi connectivity index (χ1) is 8.85. The molecule has 0 aliphatic carbocycles. The molecule has 1 aromatic rings.